The van der Waals surface area contributed by atoms with Gasteiger partial charge in [-0.3, -0.25) is 9.58 Å². The van der Waals surface area contributed by atoms with Crippen LogP contribution in [0.15, 0.2) is 67.3 Å². The van der Waals surface area contributed by atoms with Crippen LogP contribution in [0, 0.1) is 11.3 Å². The Bertz CT molecular complexity index is 1530. The molecule has 1 aliphatic carbocycles. The van der Waals surface area contributed by atoms with Crippen LogP contribution < -0.4 is 20.9 Å². The van der Waals surface area contributed by atoms with Crippen LogP contribution >= 0.6 is 0 Å². The number of rotatable bonds is 11. The van der Waals surface area contributed by atoms with Crippen LogP contribution in [-0.4, -0.2) is 61.1 Å². The zero-order valence-corrected chi connectivity index (χ0v) is 24.1. The Labute approximate surface area is 250 Å². The van der Waals surface area contributed by atoms with Gasteiger partial charge in [0.2, 0.25) is 5.95 Å². The van der Waals surface area contributed by atoms with Gasteiger partial charge < -0.3 is 21.1 Å². The van der Waals surface area contributed by atoms with Crippen molar-refractivity contribution in [1.82, 2.24) is 30.0 Å². The van der Waals surface area contributed by atoms with Crippen LogP contribution in [0.3, 0.4) is 0 Å². The molecule has 43 heavy (non-hydrogen) atoms. The number of nitrogens with one attached hydrogen (secondary N) is 3. The molecule has 12 nitrogen and oxygen atoms in total. The molecule has 2 amide bonds. The van der Waals surface area contributed by atoms with Gasteiger partial charge >= 0.3 is 6.03 Å². The first-order chi connectivity index (χ1) is 21.0. The molecule has 0 spiro atoms. The van der Waals surface area contributed by atoms with Crippen molar-refractivity contribution >= 4 is 23.6 Å². The summed E-state index contributed by atoms with van der Waals surface area (Å²) >= 11 is 0. The predicted octanol–water partition coefficient (Wildman–Crippen LogP) is 4.08. The van der Waals surface area contributed by atoms with Crippen molar-refractivity contribution in [3.63, 3.8) is 0 Å². The van der Waals surface area contributed by atoms with E-state index < -0.39 is 0 Å². The fourth-order valence-electron chi connectivity index (χ4n) is 5.20. The van der Waals surface area contributed by atoms with Crippen LogP contribution in [0.25, 0.3) is 11.1 Å². The summed E-state index contributed by atoms with van der Waals surface area (Å²) in [6, 6.07) is 15.7. The molecule has 1 aliphatic rings. The largest absolute Gasteiger partial charge is 0.396 e. The minimum Gasteiger partial charge on any atom is -0.396 e. The SMILES string of the molecule is Cn1cc(-c2ccc(N(C(=O)NCc3ccccc3)C3CCC(Nc4ncc(C#N)c(NCCCO)n4)CC3)nc2)cn1. The van der Waals surface area contributed by atoms with E-state index in [2.05, 4.69) is 37.1 Å². The summed E-state index contributed by atoms with van der Waals surface area (Å²) < 4.78 is 1.75. The maximum absolute atomic E-state index is 13.6. The number of aliphatic hydroxyl groups is 1. The molecule has 12 heteroatoms. The van der Waals surface area contributed by atoms with Gasteiger partial charge in [0, 0.05) is 62.3 Å². The van der Waals surface area contributed by atoms with Crippen molar-refractivity contribution in [3.05, 3.63) is 78.4 Å². The van der Waals surface area contributed by atoms with E-state index in [1.54, 1.807) is 22.0 Å². The number of nitriles is 1. The number of carbonyl (C=O) groups excluding carboxylic acids is 1. The molecule has 4 N–H and O–H groups in total. The van der Waals surface area contributed by atoms with Gasteiger partial charge in [0.15, 0.2) is 0 Å². The number of pyridine rings is 1. The summed E-state index contributed by atoms with van der Waals surface area (Å²) in [4.78, 5) is 28.9. The molecule has 3 aromatic heterocycles. The minimum atomic E-state index is -0.184. The second-order valence-corrected chi connectivity index (χ2v) is 10.5. The third-order valence-electron chi connectivity index (χ3n) is 7.47. The van der Waals surface area contributed by atoms with Gasteiger partial charge in [-0.25, -0.2) is 14.8 Å². The lowest BCUT2D eigenvalue weighted by Crippen LogP contribution is -2.49. The number of carbonyl (C=O) groups is 1. The van der Waals surface area contributed by atoms with Crippen LogP contribution in [0.1, 0.15) is 43.2 Å². The third kappa shape index (κ3) is 7.64. The van der Waals surface area contributed by atoms with Crippen molar-refractivity contribution in [3.8, 4) is 17.2 Å². The number of anilines is 3. The molecule has 0 atom stereocenters. The quantitative estimate of drug-likeness (QED) is 0.192. The number of aliphatic hydroxyl groups excluding tert-OH is 1. The zero-order chi connectivity index (χ0) is 30.0. The number of nitrogens with zero attached hydrogens (tertiary/aromatic N) is 7. The normalized spacial score (nSPS) is 16.2. The van der Waals surface area contributed by atoms with E-state index in [4.69, 9.17) is 10.1 Å². The molecule has 0 radical (unpaired) electrons. The summed E-state index contributed by atoms with van der Waals surface area (Å²) in [7, 11) is 1.87. The highest BCUT2D eigenvalue weighted by atomic mass is 16.3. The summed E-state index contributed by atoms with van der Waals surface area (Å²) in [5.74, 6) is 1.49. The van der Waals surface area contributed by atoms with Crippen molar-refractivity contribution in [2.75, 3.05) is 28.7 Å². The van der Waals surface area contributed by atoms with Gasteiger partial charge in [-0.05, 0) is 49.8 Å². The highest BCUT2D eigenvalue weighted by Crippen LogP contribution is 2.29. The molecule has 3 heterocycles. The Morgan fingerprint density at radius 1 is 1.07 bits per heavy atom. The summed E-state index contributed by atoms with van der Waals surface area (Å²) in [6.07, 6.45) is 10.7. The maximum atomic E-state index is 13.6. The van der Waals surface area contributed by atoms with E-state index in [1.807, 2.05) is 55.7 Å². The fraction of sp³-hybridized carbons (Fsp3) is 0.355. The molecule has 1 aromatic carbocycles. The van der Waals surface area contributed by atoms with E-state index in [9.17, 15) is 10.1 Å². The van der Waals surface area contributed by atoms with Gasteiger partial charge in [-0.1, -0.05) is 30.3 Å². The number of benzene rings is 1. The molecule has 1 saturated carbocycles. The smallest absolute Gasteiger partial charge is 0.323 e. The summed E-state index contributed by atoms with van der Waals surface area (Å²) in [6.45, 7) is 0.984. The molecule has 0 saturated heterocycles. The molecule has 0 unspecified atom stereocenters. The average molecular weight is 581 g/mol. The lowest BCUT2D eigenvalue weighted by Gasteiger charge is -2.36. The summed E-state index contributed by atoms with van der Waals surface area (Å²) in [5.41, 5.74) is 3.27. The predicted molar refractivity (Wildman–Crippen MR) is 164 cm³/mol. The number of amides is 2. The maximum Gasteiger partial charge on any atom is 0.323 e. The van der Waals surface area contributed by atoms with Crippen LogP contribution in [0.4, 0.5) is 22.4 Å². The van der Waals surface area contributed by atoms with Crippen LogP contribution in [-0.2, 0) is 13.6 Å². The van der Waals surface area contributed by atoms with E-state index in [0.29, 0.717) is 42.7 Å². The first kappa shape index (κ1) is 29.5. The third-order valence-corrected chi connectivity index (χ3v) is 7.47. The Kier molecular flexibility index (Phi) is 9.76. The molecule has 5 rings (SSSR count). The van der Waals surface area contributed by atoms with Crippen LogP contribution in [0.2, 0.25) is 0 Å². The van der Waals surface area contributed by atoms with E-state index in [1.165, 1.54) is 6.20 Å². The first-order valence-electron chi connectivity index (χ1n) is 14.5. The topological polar surface area (TPSA) is 157 Å². The van der Waals surface area contributed by atoms with Gasteiger partial charge in [0.1, 0.15) is 23.3 Å². The Morgan fingerprint density at radius 3 is 2.56 bits per heavy atom. The summed E-state index contributed by atoms with van der Waals surface area (Å²) in [5, 5.41) is 32.3. The molecule has 222 valence electrons. The lowest BCUT2D eigenvalue weighted by molar-refractivity contribution is 0.240. The van der Waals surface area contributed by atoms with Gasteiger partial charge in [-0.2, -0.15) is 15.3 Å². The number of aromatic nitrogens is 5. The Morgan fingerprint density at radius 2 is 1.88 bits per heavy atom. The zero-order valence-electron chi connectivity index (χ0n) is 24.1. The highest BCUT2D eigenvalue weighted by Gasteiger charge is 2.31. The molecule has 0 bridgehead atoms. The van der Waals surface area contributed by atoms with E-state index in [0.717, 1.165) is 42.4 Å². The average Bonchev–Trinajstić information content (AvgIpc) is 3.48. The Balaban J connectivity index is 1.27. The second kappa shape index (κ2) is 14.2. The molecular formula is C31H36N10O2. The number of hydrogen-bond donors (Lipinski definition) is 4. The van der Waals surface area contributed by atoms with Crippen molar-refractivity contribution in [1.29, 1.82) is 5.26 Å². The van der Waals surface area contributed by atoms with Crippen molar-refractivity contribution < 1.29 is 9.90 Å². The van der Waals surface area contributed by atoms with Crippen molar-refractivity contribution in [2.24, 2.45) is 7.05 Å². The molecule has 1 fully saturated rings. The second-order valence-electron chi connectivity index (χ2n) is 10.5. The monoisotopic (exact) mass is 580 g/mol. The number of urea groups is 1. The van der Waals surface area contributed by atoms with Gasteiger partial charge in [-0.15, -0.1) is 0 Å². The first-order valence-corrected chi connectivity index (χ1v) is 14.5. The number of hydrogen-bond acceptors (Lipinski definition) is 9. The molecular weight excluding hydrogens is 544 g/mol. The molecule has 4 aromatic rings. The minimum absolute atomic E-state index is 0.0387. The van der Waals surface area contributed by atoms with Gasteiger partial charge in [0.25, 0.3) is 0 Å². The van der Waals surface area contributed by atoms with E-state index in [-0.39, 0.29) is 24.7 Å². The van der Waals surface area contributed by atoms with Crippen LogP contribution in [0.5, 0.6) is 0 Å². The van der Waals surface area contributed by atoms with Gasteiger partial charge in [0.05, 0.1) is 12.4 Å². The lowest BCUT2D eigenvalue weighted by atomic mass is 9.90. The highest BCUT2D eigenvalue weighted by molar-refractivity contribution is 5.91. The Hall–Kier alpha value is -5.02. The molecule has 0 aliphatic heterocycles. The fourth-order valence-corrected chi connectivity index (χ4v) is 5.20. The van der Waals surface area contributed by atoms with Crippen molar-refractivity contribution in [2.45, 2.75) is 50.7 Å². The number of aryl methyl sites for hydroxylation is 1. The standard InChI is InChI=1S/C31H36N10O2/c1-40-21-25(20-37-40)23-8-13-28(34-18-23)41(31(43)36-17-22-6-3-2-4-7-22)27-11-9-26(10-12-27)38-30-35-19-24(16-32)29(39-30)33-14-5-15-42/h2-4,6-8,13,18-21,26-27,42H,5,9-12,14-15,17H2,1H3,(H,36,43)(H2,33,35,38,39). The van der Waals surface area contributed by atoms with E-state index >= 15 is 0 Å².